The van der Waals surface area contributed by atoms with Crippen molar-refractivity contribution < 1.29 is 4.74 Å². The van der Waals surface area contributed by atoms with Crippen molar-refractivity contribution in [3.8, 4) is 0 Å². The first-order valence-corrected chi connectivity index (χ1v) is 7.69. The minimum absolute atomic E-state index is 0. The summed E-state index contributed by atoms with van der Waals surface area (Å²) in [6.07, 6.45) is 0.942. The summed E-state index contributed by atoms with van der Waals surface area (Å²) in [5.41, 5.74) is 1.26. The number of aliphatic imine (C=N–C) groups is 1. The molecule has 4 nitrogen and oxygen atoms in total. The van der Waals surface area contributed by atoms with E-state index in [4.69, 9.17) is 4.74 Å². The van der Waals surface area contributed by atoms with Crippen LogP contribution in [0.5, 0.6) is 0 Å². The van der Waals surface area contributed by atoms with Crippen LogP contribution in [-0.2, 0) is 11.3 Å². The first kappa shape index (κ1) is 20.7. The van der Waals surface area contributed by atoms with Gasteiger partial charge in [0.1, 0.15) is 0 Å². The quantitative estimate of drug-likeness (QED) is 0.287. The van der Waals surface area contributed by atoms with Crippen LogP contribution in [0, 0.1) is 0 Å². The number of methoxy groups -OCH3 is 1. The Hall–Kier alpha value is -0.340. The van der Waals surface area contributed by atoms with Gasteiger partial charge in [-0.15, -0.1) is 24.0 Å². The van der Waals surface area contributed by atoms with E-state index >= 15 is 0 Å². The fourth-order valence-corrected chi connectivity index (χ4v) is 2.07. The summed E-state index contributed by atoms with van der Waals surface area (Å²) < 4.78 is 6.14. The van der Waals surface area contributed by atoms with Crippen molar-refractivity contribution in [2.75, 3.05) is 33.9 Å². The number of benzene rings is 1. The van der Waals surface area contributed by atoms with Gasteiger partial charge in [0.25, 0.3) is 0 Å². The zero-order chi connectivity index (χ0) is 14.8. The Labute approximate surface area is 153 Å². The first-order chi connectivity index (χ1) is 9.67. The topological polar surface area (TPSA) is 36.9 Å². The molecule has 0 aromatic heterocycles. The van der Waals surface area contributed by atoms with Crippen LogP contribution in [-0.4, -0.2) is 44.7 Å². The predicted octanol–water partition coefficient (Wildman–Crippen LogP) is 3.50. The highest BCUT2D eigenvalue weighted by Crippen LogP contribution is 2.11. The van der Waals surface area contributed by atoms with Gasteiger partial charge in [-0.2, -0.15) is 0 Å². The van der Waals surface area contributed by atoms with Crippen LogP contribution in [0.1, 0.15) is 18.9 Å². The van der Waals surface area contributed by atoms with Gasteiger partial charge in [0.2, 0.25) is 0 Å². The molecule has 0 bridgehead atoms. The lowest BCUT2D eigenvalue weighted by Crippen LogP contribution is -2.38. The van der Waals surface area contributed by atoms with Crippen molar-refractivity contribution in [3.63, 3.8) is 0 Å². The molecule has 120 valence electrons. The number of nitrogens with zero attached hydrogens (tertiary/aromatic N) is 2. The van der Waals surface area contributed by atoms with Gasteiger partial charge in [-0.05, 0) is 31.0 Å². The minimum Gasteiger partial charge on any atom is -0.385 e. The molecule has 0 amide bonds. The average molecular weight is 470 g/mol. The Balaban J connectivity index is 0.00000400. The molecule has 0 unspecified atom stereocenters. The Kier molecular flexibility index (Phi) is 12.0. The lowest BCUT2D eigenvalue weighted by atomic mass is 10.2. The van der Waals surface area contributed by atoms with Crippen LogP contribution in [0.15, 0.2) is 33.7 Å². The van der Waals surface area contributed by atoms with Crippen LogP contribution in [0.4, 0.5) is 0 Å². The van der Waals surface area contributed by atoms with Crippen molar-refractivity contribution in [1.29, 1.82) is 0 Å². The average Bonchev–Trinajstić information content (AvgIpc) is 2.44. The molecule has 0 aliphatic rings. The van der Waals surface area contributed by atoms with E-state index < -0.39 is 0 Å². The molecule has 0 saturated carbocycles. The van der Waals surface area contributed by atoms with E-state index in [0.29, 0.717) is 0 Å². The van der Waals surface area contributed by atoms with Crippen LogP contribution in [0.25, 0.3) is 0 Å². The van der Waals surface area contributed by atoms with Gasteiger partial charge < -0.3 is 15.0 Å². The summed E-state index contributed by atoms with van der Waals surface area (Å²) in [6.45, 7) is 5.31. The highest BCUT2D eigenvalue weighted by Gasteiger charge is 2.06. The van der Waals surface area contributed by atoms with E-state index in [1.165, 1.54) is 5.56 Å². The smallest absolute Gasteiger partial charge is 0.193 e. The number of ether oxygens (including phenoxy) is 1. The van der Waals surface area contributed by atoms with Gasteiger partial charge in [-0.25, -0.2) is 0 Å². The van der Waals surface area contributed by atoms with Crippen LogP contribution in [0.3, 0.4) is 0 Å². The summed E-state index contributed by atoms with van der Waals surface area (Å²) in [5.74, 6) is 0.937. The number of nitrogens with one attached hydrogen (secondary N) is 1. The molecule has 1 aromatic carbocycles. The number of hydrogen-bond donors (Lipinski definition) is 1. The number of guanidine groups is 1. The summed E-state index contributed by atoms with van der Waals surface area (Å²) in [6, 6.07) is 8.36. The Morgan fingerprint density at radius 3 is 2.57 bits per heavy atom. The molecular formula is C15H25BrIN3O. The fourth-order valence-electron chi connectivity index (χ4n) is 1.80. The monoisotopic (exact) mass is 469 g/mol. The van der Waals surface area contributed by atoms with Gasteiger partial charge in [0.05, 0.1) is 0 Å². The van der Waals surface area contributed by atoms with Crippen molar-refractivity contribution in [3.05, 3.63) is 34.3 Å². The van der Waals surface area contributed by atoms with E-state index in [1.807, 2.05) is 0 Å². The molecule has 0 spiro atoms. The van der Waals surface area contributed by atoms with Crippen molar-refractivity contribution in [2.24, 2.45) is 4.99 Å². The summed E-state index contributed by atoms with van der Waals surface area (Å²) in [5, 5.41) is 3.32. The SMILES string of the molecule is CCNC(=NCCCOC)N(C)Cc1ccc(Br)cc1.I. The normalized spacial score (nSPS) is 11.0. The molecule has 21 heavy (non-hydrogen) atoms. The van der Waals surface area contributed by atoms with Crippen molar-refractivity contribution >= 4 is 45.9 Å². The molecule has 1 N–H and O–H groups in total. The Morgan fingerprint density at radius 2 is 2.00 bits per heavy atom. The number of rotatable bonds is 7. The van der Waals surface area contributed by atoms with E-state index in [-0.39, 0.29) is 24.0 Å². The Bertz CT molecular complexity index is 412. The zero-order valence-corrected chi connectivity index (χ0v) is 16.9. The second-order valence-corrected chi connectivity index (χ2v) is 5.48. The van der Waals surface area contributed by atoms with E-state index in [2.05, 4.69) is 69.4 Å². The molecule has 0 aliphatic carbocycles. The van der Waals surface area contributed by atoms with Crippen LogP contribution >= 0.6 is 39.9 Å². The largest absolute Gasteiger partial charge is 0.385 e. The van der Waals surface area contributed by atoms with E-state index in [1.54, 1.807) is 7.11 Å². The second kappa shape index (κ2) is 12.2. The molecule has 0 aliphatic heterocycles. The second-order valence-electron chi connectivity index (χ2n) is 4.56. The van der Waals surface area contributed by atoms with Crippen molar-refractivity contribution in [1.82, 2.24) is 10.2 Å². The van der Waals surface area contributed by atoms with Crippen LogP contribution in [0.2, 0.25) is 0 Å². The fraction of sp³-hybridized carbons (Fsp3) is 0.533. The lowest BCUT2D eigenvalue weighted by molar-refractivity contribution is 0.197. The van der Waals surface area contributed by atoms with Gasteiger partial charge in [0.15, 0.2) is 5.96 Å². The summed E-state index contributed by atoms with van der Waals surface area (Å²) in [4.78, 5) is 6.75. The van der Waals surface area contributed by atoms with E-state index in [9.17, 15) is 0 Å². The molecular weight excluding hydrogens is 445 g/mol. The Morgan fingerprint density at radius 1 is 1.33 bits per heavy atom. The predicted molar refractivity (Wildman–Crippen MR) is 103 cm³/mol. The van der Waals surface area contributed by atoms with E-state index in [0.717, 1.165) is 43.1 Å². The summed E-state index contributed by atoms with van der Waals surface area (Å²) in [7, 11) is 3.77. The van der Waals surface area contributed by atoms with Gasteiger partial charge in [0, 0.05) is 44.9 Å². The lowest BCUT2D eigenvalue weighted by Gasteiger charge is -2.22. The third-order valence-electron chi connectivity index (χ3n) is 2.80. The highest BCUT2D eigenvalue weighted by molar-refractivity contribution is 14.0. The highest BCUT2D eigenvalue weighted by atomic mass is 127. The van der Waals surface area contributed by atoms with Gasteiger partial charge in [-0.1, -0.05) is 28.1 Å². The molecule has 0 radical (unpaired) electrons. The number of halogens is 2. The summed E-state index contributed by atoms with van der Waals surface area (Å²) >= 11 is 3.45. The molecule has 0 heterocycles. The first-order valence-electron chi connectivity index (χ1n) is 6.90. The molecule has 1 aromatic rings. The third kappa shape index (κ3) is 8.63. The number of hydrogen-bond acceptors (Lipinski definition) is 2. The molecule has 6 heteroatoms. The molecule has 0 fully saturated rings. The molecule has 0 atom stereocenters. The van der Waals surface area contributed by atoms with Crippen molar-refractivity contribution in [2.45, 2.75) is 19.9 Å². The third-order valence-corrected chi connectivity index (χ3v) is 3.33. The van der Waals surface area contributed by atoms with Crippen LogP contribution < -0.4 is 5.32 Å². The zero-order valence-electron chi connectivity index (χ0n) is 12.9. The molecule has 0 saturated heterocycles. The van der Waals surface area contributed by atoms with Gasteiger partial charge in [-0.3, -0.25) is 4.99 Å². The standard InChI is InChI=1S/C15H24BrN3O.HI/c1-4-17-15(18-10-5-11-20-3)19(2)12-13-6-8-14(16)9-7-13;/h6-9H,4-5,10-12H2,1-3H3,(H,17,18);1H. The maximum absolute atomic E-state index is 5.04. The maximum atomic E-state index is 5.04. The van der Waals surface area contributed by atoms with Gasteiger partial charge >= 0.3 is 0 Å². The molecule has 1 rings (SSSR count). The maximum Gasteiger partial charge on any atom is 0.193 e. The minimum atomic E-state index is 0.